The number of aliphatic imine (C=N–C) groups is 2. The first-order chi connectivity index (χ1) is 21.7. The molecular weight excluding hydrogens is 582 g/mol. The molecular formula is C35H53N7O4. The highest BCUT2D eigenvalue weighted by molar-refractivity contribution is 5.85. The van der Waals surface area contributed by atoms with Crippen molar-refractivity contribution in [2.75, 3.05) is 53.4 Å². The third-order valence-electron chi connectivity index (χ3n) is 10.5. The minimum absolute atomic E-state index is 0.0690. The van der Waals surface area contributed by atoms with Crippen molar-refractivity contribution in [2.45, 2.75) is 94.9 Å². The molecule has 1 aromatic carbocycles. The third-order valence-corrected chi connectivity index (χ3v) is 10.5. The van der Waals surface area contributed by atoms with E-state index in [4.69, 9.17) is 4.74 Å². The zero-order valence-electron chi connectivity index (χ0n) is 28.7. The summed E-state index contributed by atoms with van der Waals surface area (Å²) in [6.45, 7) is 14.2. The Hall–Kier alpha value is -3.44. The van der Waals surface area contributed by atoms with E-state index in [0.717, 1.165) is 50.6 Å². The fraction of sp³-hybridized carbons (Fsp3) is 0.657. The number of urea groups is 1. The lowest BCUT2D eigenvalue weighted by Gasteiger charge is -2.52. The standard InChI is InChI=1S/C35H53N7O4/c1-27(24-37-29(36-5)39-20-22-40(23-21-39)31(44)46-32(2,3)4)41-25-33(42(30(41)43)26-34(45)14-11-15-34)16-18-35(19-17-33,38(6)7)28-12-9-8-10-13-28/h8-10,12-13,24,45H,5,11,14-23,25-26H2,1-4,6-7H3/b27-24+,37-29+/t33-,35+. The van der Waals surface area contributed by atoms with Gasteiger partial charge in [0.25, 0.3) is 0 Å². The molecule has 0 atom stereocenters. The number of guanidine groups is 1. The second-order valence-corrected chi connectivity index (χ2v) is 14.9. The molecule has 2 saturated carbocycles. The molecule has 2 aliphatic carbocycles. The number of aliphatic hydroxyl groups is 1. The third kappa shape index (κ3) is 6.81. The van der Waals surface area contributed by atoms with Gasteiger partial charge in [0.05, 0.1) is 30.4 Å². The minimum Gasteiger partial charge on any atom is -0.444 e. The van der Waals surface area contributed by atoms with E-state index >= 15 is 0 Å². The molecule has 2 saturated heterocycles. The lowest BCUT2D eigenvalue weighted by Crippen LogP contribution is -2.59. The molecule has 0 unspecified atom stereocenters. The van der Waals surface area contributed by atoms with Gasteiger partial charge in [-0.1, -0.05) is 30.3 Å². The molecule has 2 heterocycles. The van der Waals surface area contributed by atoms with Crippen molar-refractivity contribution >= 4 is 24.8 Å². The Morgan fingerprint density at radius 2 is 1.63 bits per heavy atom. The van der Waals surface area contributed by atoms with E-state index in [1.807, 2.05) is 42.4 Å². The van der Waals surface area contributed by atoms with E-state index in [1.54, 1.807) is 11.1 Å². The fourth-order valence-corrected chi connectivity index (χ4v) is 7.50. The molecule has 1 spiro atoms. The van der Waals surface area contributed by atoms with Gasteiger partial charge in [0, 0.05) is 37.4 Å². The maximum absolute atomic E-state index is 14.2. The molecule has 2 aliphatic heterocycles. The van der Waals surface area contributed by atoms with Gasteiger partial charge in [-0.2, -0.15) is 0 Å². The van der Waals surface area contributed by atoms with E-state index in [2.05, 4.69) is 66.0 Å². The van der Waals surface area contributed by atoms with Gasteiger partial charge in [-0.25, -0.2) is 19.6 Å². The predicted octanol–water partition coefficient (Wildman–Crippen LogP) is 4.88. The molecule has 1 N–H and O–H groups in total. The molecule has 0 radical (unpaired) electrons. The Kier molecular flexibility index (Phi) is 9.57. The number of ether oxygens (including phenoxy) is 1. The van der Waals surface area contributed by atoms with Crippen molar-refractivity contribution in [3.8, 4) is 0 Å². The van der Waals surface area contributed by atoms with E-state index in [-0.39, 0.29) is 23.2 Å². The van der Waals surface area contributed by atoms with Crippen LogP contribution in [-0.2, 0) is 10.3 Å². The number of hydrogen-bond acceptors (Lipinski definition) is 6. The van der Waals surface area contributed by atoms with Crippen LogP contribution in [0.15, 0.2) is 52.2 Å². The highest BCUT2D eigenvalue weighted by Crippen LogP contribution is 2.50. The molecule has 4 fully saturated rings. The first-order valence-electron chi connectivity index (χ1n) is 16.7. The number of amides is 3. The van der Waals surface area contributed by atoms with Crippen LogP contribution in [0.5, 0.6) is 0 Å². The molecule has 0 aromatic heterocycles. The second kappa shape index (κ2) is 13.0. The van der Waals surface area contributed by atoms with Crippen LogP contribution in [0.3, 0.4) is 0 Å². The van der Waals surface area contributed by atoms with Gasteiger partial charge in [-0.15, -0.1) is 0 Å². The maximum atomic E-state index is 14.2. The Morgan fingerprint density at radius 1 is 1.02 bits per heavy atom. The predicted molar refractivity (Wildman–Crippen MR) is 181 cm³/mol. The van der Waals surface area contributed by atoms with Crippen molar-refractivity contribution in [2.24, 2.45) is 9.98 Å². The number of rotatable bonds is 6. The summed E-state index contributed by atoms with van der Waals surface area (Å²) < 4.78 is 5.52. The number of piperazine rings is 1. The van der Waals surface area contributed by atoms with E-state index in [9.17, 15) is 14.7 Å². The van der Waals surface area contributed by atoms with E-state index < -0.39 is 11.2 Å². The van der Waals surface area contributed by atoms with E-state index in [1.165, 1.54) is 5.56 Å². The number of carbonyl (C=O) groups excluding carboxylic acids is 2. The lowest BCUT2D eigenvalue weighted by atomic mass is 9.67. The molecule has 3 amide bonds. The molecule has 252 valence electrons. The fourth-order valence-electron chi connectivity index (χ4n) is 7.50. The van der Waals surface area contributed by atoms with Gasteiger partial charge in [-0.05, 0) is 99.0 Å². The number of β-amino-alcohol motifs (C(OH)–C–C–N with tert-alkyl or cyclic N) is 1. The summed E-state index contributed by atoms with van der Waals surface area (Å²) >= 11 is 0. The smallest absolute Gasteiger partial charge is 0.410 e. The summed E-state index contributed by atoms with van der Waals surface area (Å²) in [5.74, 6) is 0.460. The first-order valence-corrected chi connectivity index (χ1v) is 16.7. The summed E-state index contributed by atoms with van der Waals surface area (Å²) in [7, 11) is 4.30. The summed E-state index contributed by atoms with van der Waals surface area (Å²) in [5, 5.41) is 11.2. The Balaban J connectivity index is 1.32. The van der Waals surface area contributed by atoms with Crippen LogP contribution in [0.25, 0.3) is 0 Å². The summed E-state index contributed by atoms with van der Waals surface area (Å²) in [6.07, 6.45) is 7.35. The topological polar surface area (TPSA) is 105 Å². The zero-order valence-corrected chi connectivity index (χ0v) is 28.7. The summed E-state index contributed by atoms with van der Waals surface area (Å²) in [5.41, 5.74) is 0.209. The molecule has 1 aromatic rings. The van der Waals surface area contributed by atoms with Gasteiger partial charge in [0.15, 0.2) is 0 Å². The highest BCUT2D eigenvalue weighted by Gasteiger charge is 2.56. The molecule has 11 nitrogen and oxygen atoms in total. The second-order valence-electron chi connectivity index (χ2n) is 14.9. The van der Waals surface area contributed by atoms with Gasteiger partial charge in [0.2, 0.25) is 5.96 Å². The van der Waals surface area contributed by atoms with Crippen molar-refractivity contribution in [1.82, 2.24) is 24.5 Å². The quantitative estimate of drug-likeness (QED) is 0.353. The summed E-state index contributed by atoms with van der Waals surface area (Å²) in [6, 6.07) is 10.6. The van der Waals surface area contributed by atoms with Gasteiger partial charge >= 0.3 is 12.1 Å². The van der Waals surface area contributed by atoms with Crippen molar-refractivity contribution < 1.29 is 19.4 Å². The minimum atomic E-state index is -0.814. The number of allylic oxidation sites excluding steroid dienone is 1. The highest BCUT2D eigenvalue weighted by atomic mass is 16.6. The zero-order chi connectivity index (χ0) is 33.3. The van der Waals surface area contributed by atoms with Crippen LogP contribution < -0.4 is 0 Å². The van der Waals surface area contributed by atoms with Crippen LogP contribution in [0.4, 0.5) is 9.59 Å². The van der Waals surface area contributed by atoms with Gasteiger partial charge in [0.1, 0.15) is 5.60 Å². The Labute approximate surface area is 274 Å². The first kappa shape index (κ1) is 33.9. The van der Waals surface area contributed by atoms with Crippen LogP contribution in [0.1, 0.15) is 78.2 Å². The van der Waals surface area contributed by atoms with Crippen LogP contribution in [0.2, 0.25) is 0 Å². The number of hydrogen-bond donors (Lipinski definition) is 1. The maximum Gasteiger partial charge on any atom is 0.410 e. The van der Waals surface area contributed by atoms with Crippen LogP contribution >= 0.6 is 0 Å². The molecule has 46 heavy (non-hydrogen) atoms. The van der Waals surface area contributed by atoms with E-state index in [0.29, 0.717) is 45.2 Å². The monoisotopic (exact) mass is 635 g/mol. The largest absolute Gasteiger partial charge is 0.444 e. The average molecular weight is 636 g/mol. The summed E-state index contributed by atoms with van der Waals surface area (Å²) in [4.78, 5) is 45.4. The average Bonchev–Trinajstić information content (AvgIpc) is 3.27. The molecule has 0 bridgehead atoms. The van der Waals surface area contributed by atoms with Crippen molar-refractivity contribution in [1.29, 1.82) is 0 Å². The molecule has 4 aliphatic rings. The Morgan fingerprint density at radius 3 is 2.15 bits per heavy atom. The SMILES string of the molecule is C=N/C(=N\C=C(/C)N1C[C@]2(CC[C@](c3ccccc3)(N(C)C)CC2)N(CC2(O)CCC2)C1=O)N1CCN(C(=O)OC(C)(C)C)CC1. The lowest BCUT2D eigenvalue weighted by molar-refractivity contribution is -0.0725. The Bertz CT molecular complexity index is 1330. The van der Waals surface area contributed by atoms with Gasteiger partial charge in [-0.3, -0.25) is 9.80 Å². The normalized spacial score (nSPS) is 27.3. The number of benzene rings is 1. The molecule has 5 rings (SSSR count). The van der Waals surface area contributed by atoms with Crippen LogP contribution in [-0.4, -0.2) is 125 Å². The van der Waals surface area contributed by atoms with Crippen LogP contribution in [0, 0.1) is 0 Å². The molecule has 11 heteroatoms. The van der Waals surface area contributed by atoms with Crippen molar-refractivity contribution in [3.63, 3.8) is 0 Å². The van der Waals surface area contributed by atoms with Gasteiger partial charge < -0.3 is 24.5 Å². The van der Waals surface area contributed by atoms with Crippen molar-refractivity contribution in [3.05, 3.63) is 47.8 Å². The number of nitrogens with zero attached hydrogens (tertiary/aromatic N) is 7. The number of carbonyl (C=O) groups is 2.